The summed E-state index contributed by atoms with van der Waals surface area (Å²) in [5, 5.41) is 7.91. The number of aryl methyl sites for hydroxylation is 2. The van der Waals surface area contributed by atoms with E-state index in [0.717, 1.165) is 28.8 Å². The number of hydrogen-bond donors (Lipinski definition) is 1. The summed E-state index contributed by atoms with van der Waals surface area (Å²) in [5.41, 5.74) is 3.41. The molecule has 0 radical (unpaired) electrons. The van der Waals surface area contributed by atoms with E-state index in [1.807, 2.05) is 11.7 Å². The van der Waals surface area contributed by atoms with Gasteiger partial charge in [0.1, 0.15) is 0 Å². The molecule has 0 aliphatic rings. The van der Waals surface area contributed by atoms with Gasteiger partial charge in [0.15, 0.2) is 0 Å². The summed E-state index contributed by atoms with van der Waals surface area (Å²) >= 11 is 5.94. The first kappa shape index (κ1) is 13.9. The Kier molecular flexibility index (Phi) is 4.66. The molecule has 0 amide bonds. The fraction of sp³-hybridized carbons (Fsp3) is 0.308. The molecule has 1 aromatic carbocycles. The van der Waals surface area contributed by atoms with Crippen molar-refractivity contribution in [3.05, 3.63) is 43.7 Å². The van der Waals surface area contributed by atoms with Crippen molar-refractivity contribution in [1.29, 1.82) is 0 Å². The van der Waals surface area contributed by atoms with Crippen LogP contribution in [0.25, 0.3) is 0 Å². The van der Waals surface area contributed by atoms with Crippen LogP contribution in [0.5, 0.6) is 0 Å². The predicted octanol–water partition coefficient (Wildman–Crippen LogP) is 3.96. The van der Waals surface area contributed by atoms with Gasteiger partial charge in [0, 0.05) is 16.3 Å². The third-order valence-corrected chi connectivity index (χ3v) is 4.37. The lowest BCUT2D eigenvalue weighted by Gasteiger charge is -2.07. The molecule has 0 fully saturated rings. The van der Waals surface area contributed by atoms with Gasteiger partial charge >= 0.3 is 0 Å². The van der Waals surface area contributed by atoms with Gasteiger partial charge < -0.3 is 5.32 Å². The maximum atomic E-state index is 4.49. The van der Waals surface area contributed by atoms with Crippen LogP contribution in [0.4, 0.5) is 5.69 Å². The van der Waals surface area contributed by atoms with Crippen LogP contribution < -0.4 is 5.32 Å². The van der Waals surface area contributed by atoms with Crippen molar-refractivity contribution in [3.8, 4) is 0 Å². The summed E-state index contributed by atoms with van der Waals surface area (Å²) in [7, 11) is 1.98. The smallest absolute Gasteiger partial charge is 0.0767 e. The van der Waals surface area contributed by atoms with E-state index in [1.165, 1.54) is 9.26 Å². The van der Waals surface area contributed by atoms with Crippen LogP contribution in [0.3, 0.4) is 0 Å². The Balaban J connectivity index is 2.13. The zero-order chi connectivity index (χ0) is 13.1. The highest BCUT2D eigenvalue weighted by molar-refractivity contribution is 14.1. The van der Waals surface area contributed by atoms with Gasteiger partial charge in [0.05, 0.1) is 22.4 Å². The second kappa shape index (κ2) is 6.06. The molecule has 1 heterocycles. The van der Waals surface area contributed by atoms with Gasteiger partial charge in [0.25, 0.3) is 0 Å². The van der Waals surface area contributed by atoms with Crippen LogP contribution in [0, 0.1) is 3.57 Å². The van der Waals surface area contributed by atoms with Gasteiger partial charge in [-0.25, -0.2) is 0 Å². The Morgan fingerprint density at radius 2 is 2.22 bits per heavy atom. The van der Waals surface area contributed by atoms with E-state index in [0.29, 0.717) is 0 Å². The molecule has 0 saturated heterocycles. The van der Waals surface area contributed by atoms with Crippen LogP contribution in [-0.4, -0.2) is 9.78 Å². The van der Waals surface area contributed by atoms with Crippen molar-refractivity contribution in [2.45, 2.75) is 19.9 Å². The number of halogens is 2. The molecule has 18 heavy (non-hydrogen) atoms. The van der Waals surface area contributed by atoms with Crippen LogP contribution in [0.15, 0.2) is 28.7 Å². The third-order valence-electron chi connectivity index (χ3n) is 2.79. The van der Waals surface area contributed by atoms with Crippen molar-refractivity contribution in [2.24, 2.45) is 7.05 Å². The fourth-order valence-corrected chi connectivity index (χ4v) is 3.10. The zero-order valence-corrected chi connectivity index (χ0v) is 14.1. The lowest BCUT2D eigenvalue weighted by molar-refractivity contribution is 0.706. The molecule has 96 valence electrons. The molecule has 5 heteroatoms. The maximum Gasteiger partial charge on any atom is 0.0767 e. The molecule has 0 atom stereocenters. The fourth-order valence-electron chi connectivity index (χ4n) is 1.80. The Labute approximate surface area is 129 Å². The molecule has 0 aliphatic heterocycles. The van der Waals surface area contributed by atoms with E-state index in [2.05, 4.69) is 80.1 Å². The van der Waals surface area contributed by atoms with Crippen molar-refractivity contribution < 1.29 is 0 Å². The summed E-state index contributed by atoms with van der Waals surface area (Å²) in [5.74, 6) is 0. The minimum atomic E-state index is 0.768. The molecule has 0 aliphatic carbocycles. The van der Waals surface area contributed by atoms with E-state index in [9.17, 15) is 0 Å². The van der Waals surface area contributed by atoms with Gasteiger partial charge in [-0.05, 0) is 63.1 Å². The minimum Gasteiger partial charge on any atom is -0.379 e. The minimum absolute atomic E-state index is 0.768. The highest BCUT2D eigenvalue weighted by atomic mass is 127. The van der Waals surface area contributed by atoms with Crippen molar-refractivity contribution in [2.75, 3.05) is 5.32 Å². The average molecular weight is 420 g/mol. The largest absolute Gasteiger partial charge is 0.379 e. The number of benzene rings is 1. The van der Waals surface area contributed by atoms with Gasteiger partial charge in [-0.15, -0.1) is 0 Å². The SMILES string of the molecule is CCc1nn(C)c(CNc2cccc(I)c2)c1Br. The van der Waals surface area contributed by atoms with Gasteiger partial charge in [-0.1, -0.05) is 13.0 Å². The summed E-state index contributed by atoms with van der Waals surface area (Å²) < 4.78 is 4.28. The van der Waals surface area contributed by atoms with E-state index >= 15 is 0 Å². The Bertz CT molecular complexity index is 551. The molecule has 0 bridgehead atoms. The molecule has 1 N–H and O–H groups in total. The van der Waals surface area contributed by atoms with Crippen LogP contribution in [-0.2, 0) is 20.0 Å². The summed E-state index contributed by atoms with van der Waals surface area (Å²) in [6.07, 6.45) is 0.942. The lowest BCUT2D eigenvalue weighted by atomic mass is 10.3. The third kappa shape index (κ3) is 3.06. The summed E-state index contributed by atoms with van der Waals surface area (Å²) in [6, 6.07) is 8.35. The number of aromatic nitrogens is 2. The number of nitrogens with one attached hydrogen (secondary N) is 1. The van der Waals surface area contributed by atoms with Crippen LogP contribution in [0.2, 0.25) is 0 Å². The quantitative estimate of drug-likeness (QED) is 0.760. The molecule has 0 unspecified atom stereocenters. The van der Waals surface area contributed by atoms with Gasteiger partial charge in [-0.3, -0.25) is 4.68 Å². The first-order valence-corrected chi connectivity index (χ1v) is 7.68. The topological polar surface area (TPSA) is 29.9 Å². The van der Waals surface area contributed by atoms with Gasteiger partial charge in [-0.2, -0.15) is 5.10 Å². The molecule has 2 rings (SSSR count). The molecule has 0 saturated carbocycles. The molecule has 2 aromatic rings. The van der Waals surface area contributed by atoms with E-state index in [1.54, 1.807) is 0 Å². The van der Waals surface area contributed by atoms with Crippen molar-refractivity contribution >= 4 is 44.2 Å². The number of anilines is 1. The monoisotopic (exact) mass is 419 g/mol. The molecular weight excluding hydrogens is 405 g/mol. The van der Waals surface area contributed by atoms with Crippen LogP contribution in [0.1, 0.15) is 18.3 Å². The molecule has 3 nitrogen and oxygen atoms in total. The van der Waals surface area contributed by atoms with E-state index in [4.69, 9.17) is 0 Å². The van der Waals surface area contributed by atoms with E-state index in [-0.39, 0.29) is 0 Å². The second-order valence-electron chi connectivity index (χ2n) is 4.05. The summed E-state index contributed by atoms with van der Waals surface area (Å²) in [4.78, 5) is 0. The van der Waals surface area contributed by atoms with Crippen LogP contribution >= 0.6 is 38.5 Å². The van der Waals surface area contributed by atoms with E-state index < -0.39 is 0 Å². The predicted molar refractivity (Wildman–Crippen MR) is 86.8 cm³/mol. The lowest BCUT2D eigenvalue weighted by Crippen LogP contribution is -2.06. The highest BCUT2D eigenvalue weighted by Gasteiger charge is 2.11. The number of nitrogens with zero attached hydrogens (tertiary/aromatic N) is 2. The zero-order valence-electron chi connectivity index (χ0n) is 10.4. The average Bonchev–Trinajstić information content (AvgIpc) is 2.62. The Morgan fingerprint density at radius 1 is 1.44 bits per heavy atom. The molecule has 1 aromatic heterocycles. The maximum absolute atomic E-state index is 4.49. The normalized spacial score (nSPS) is 10.7. The Morgan fingerprint density at radius 3 is 2.83 bits per heavy atom. The Hall–Kier alpha value is -0.560. The first-order chi connectivity index (χ1) is 8.61. The van der Waals surface area contributed by atoms with Crippen molar-refractivity contribution in [3.63, 3.8) is 0 Å². The van der Waals surface area contributed by atoms with Crippen molar-refractivity contribution in [1.82, 2.24) is 9.78 Å². The second-order valence-corrected chi connectivity index (χ2v) is 6.09. The number of rotatable bonds is 4. The number of hydrogen-bond acceptors (Lipinski definition) is 2. The molecular formula is C13H15BrIN3. The highest BCUT2D eigenvalue weighted by Crippen LogP contribution is 2.22. The first-order valence-electron chi connectivity index (χ1n) is 5.81. The summed E-state index contributed by atoms with van der Waals surface area (Å²) in [6.45, 7) is 2.88. The standard InChI is InChI=1S/C13H15BrIN3/c1-3-11-13(14)12(18(2)17-11)8-16-10-6-4-5-9(15)7-10/h4-7,16H,3,8H2,1-2H3. The van der Waals surface area contributed by atoms with Gasteiger partial charge in [0.2, 0.25) is 0 Å². The molecule has 0 spiro atoms.